The fraction of sp³-hybridized carbons (Fsp3) is 0.571. The van der Waals surface area contributed by atoms with Crippen molar-refractivity contribution in [3.63, 3.8) is 0 Å². The molecule has 20 heavy (non-hydrogen) atoms. The first-order valence-corrected chi connectivity index (χ1v) is 8.52. The monoisotopic (exact) mass is 296 g/mol. The lowest BCUT2D eigenvalue weighted by Gasteiger charge is -2.16. The summed E-state index contributed by atoms with van der Waals surface area (Å²) in [5.74, 6) is 0.920. The third-order valence-corrected chi connectivity index (χ3v) is 5.38. The van der Waals surface area contributed by atoms with E-state index in [1.807, 2.05) is 25.1 Å². The van der Waals surface area contributed by atoms with Crippen LogP contribution in [0.4, 0.5) is 0 Å². The fourth-order valence-corrected chi connectivity index (χ4v) is 4.05. The summed E-state index contributed by atoms with van der Waals surface area (Å²) in [5.41, 5.74) is 2.14. The molecular formula is C14H20N2O3S. The molecular weight excluding hydrogens is 276 g/mol. The molecule has 1 aromatic rings. The maximum absolute atomic E-state index is 12.1. The number of hydrogen-bond acceptors (Lipinski definition) is 3. The van der Waals surface area contributed by atoms with E-state index in [9.17, 15) is 8.42 Å². The van der Waals surface area contributed by atoms with E-state index in [2.05, 4.69) is 4.72 Å². The highest BCUT2D eigenvalue weighted by Crippen LogP contribution is 2.29. The normalized spacial score (nSPS) is 22.8. The van der Waals surface area contributed by atoms with Gasteiger partial charge in [0, 0.05) is 26.1 Å². The van der Waals surface area contributed by atoms with Crippen molar-refractivity contribution in [2.45, 2.75) is 38.8 Å². The zero-order valence-corrected chi connectivity index (χ0v) is 12.4. The molecule has 0 bridgehead atoms. The molecule has 1 N–H and O–H groups in total. The van der Waals surface area contributed by atoms with Gasteiger partial charge in [-0.25, -0.2) is 0 Å². The highest BCUT2D eigenvalue weighted by Gasteiger charge is 2.25. The fourth-order valence-electron chi connectivity index (χ4n) is 2.78. The van der Waals surface area contributed by atoms with Gasteiger partial charge in [-0.05, 0) is 37.0 Å². The summed E-state index contributed by atoms with van der Waals surface area (Å²) in [6, 6.07) is 5.88. The summed E-state index contributed by atoms with van der Waals surface area (Å²) in [6.45, 7) is 3.63. The highest BCUT2D eigenvalue weighted by molar-refractivity contribution is 7.87. The van der Waals surface area contributed by atoms with Gasteiger partial charge in [0.2, 0.25) is 0 Å². The van der Waals surface area contributed by atoms with E-state index in [-0.39, 0.29) is 6.10 Å². The topological polar surface area (TPSA) is 58.6 Å². The van der Waals surface area contributed by atoms with Gasteiger partial charge in [0.05, 0.1) is 0 Å². The van der Waals surface area contributed by atoms with E-state index in [1.165, 1.54) is 4.31 Å². The molecule has 1 saturated heterocycles. The first-order valence-electron chi connectivity index (χ1n) is 7.08. The lowest BCUT2D eigenvalue weighted by atomic mass is 10.1. The van der Waals surface area contributed by atoms with Gasteiger partial charge in [0.1, 0.15) is 11.9 Å². The Morgan fingerprint density at radius 3 is 2.85 bits per heavy atom. The molecule has 0 aromatic heterocycles. The van der Waals surface area contributed by atoms with E-state index in [4.69, 9.17) is 4.74 Å². The number of fused-ring (bicyclic) bond motifs is 1. The van der Waals surface area contributed by atoms with Crippen molar-refractivity contribution in [2.75, 3.05) is 13.1 Å². The Morgan fingerprint density at radius 2 is 2.10 bits per heavy atom. The van der Waals surface area contributed by atoms with Gasteiger partial charge in [-0.15, -0.1) is 0 Å². The van der Waals surface area contributed by atoms with E-state index >= 15 is 0 Å². The molecule has 2 aliphatic rings. The summed E-state index contributed by atoms with van der Waals surface area (Å²) in [7, 11) is -3.33. The second kappa shape index (κ2) is 5.35. The van der Waals surface area contributed by atoms with Crippen LogP contribution in [0.3, 0.4) is 0 Å². The number of rotatable bonds is 4. The molecule has 110 valence electrons. The van der Waals surface area contributed by atoms with Crippen molar-refractivity contribution in [1.82, 2.24) is 9.03 Å². The minimum Gasteiger partial charge on any atom is -0.490 e. The van der Waals surface area contributed by atoms with E-state index in [1.54, 1.807) is 0 Å². The van der Waals surface area contributed by atoms with Crippen LogP contribution in [0.25, 0.3) is 0 Å². The van der Waals surface area contributed by atoms with Gasteiger partial charge in [-0.1, -0.05) is 12.1 Å². The maximum Gasteiger partial charge on any atom is 0.279 e. The molecule has 0 amide bonds. The Balaban J connectivity index is 1.66. The minimum atomic E-state index is -3.33. The third-order valence-electron chi connectivity index (χ3n) is 3.82. The number of ether oxygens (including phenoxy) is 1. The van der Waals surface area contributed by atoms with Crippen LogP contribution in [-0.4, -0.2) is 31.9 Å². The van der Waals surface area contributed by atoms with Crippen LogP contribution in [0.2, 0.25) is 0 Å². The molecule has 2 heterocycles. The molecule has 5 nitrogen and oxygen atoms in total. The Labute approximate surface area is 120 Å². The van der Waals surface area contributed by atoms with Crippen molar-refractivity contribution < 1.29 is 13.2 Å². The lowest BCUT2D eigenvalue weighted by Crippen LogP contribution is -2.38. The van der Waals surface area contributed by atoms with Crippen molar-refractivity contribution in [3.05, 3.63) is 29.3 Å². The van der Waals surface area contributed by atoms with Crippen molar-refractivity contribution in [3.8, 4) is 5.75 Å². The summed E-state index contributed by atoms with van der Waals surface area (Å²) >= 11 is 0. The predicted molar refractivity (Wildman–Crippen MR) is 76.8 cm³/mol. The van der Waals surface area contributed by atoms with Crippen molar-refractivity contribution in [1.29, 1.82) is 0 Å². The van der Waals surface area contributed by atoms with E-state index < -0.39 is 10.2 Å². The van der Waals surface area contributed by atoms with E-state index in [0.29, 0.717) is 19.6 Å². The van der Waals surface area contributed by atoms with Gasteiger partial charge >= 0.3 is 0 Å². The van der Waals surface area contributed by atoms with Crippen LogP contribution in [0, 0.1) is 0 Å². The molecule has 1 aromatic carbocycles. The molecule has 1 unspecified atom stereocenters. The second-order valence-electron chi connectivity index (χ2n) is 5.51. The predicted octanol–water partition coefficient (Wildman–Crippen LogP) is 1.44. The van der Waals surface area contributed by atoms with Crippen molar-refractivity contribution >= 4 is 10.2 Å². The van der Waals surface area contributed by atoms with Crippen LogP contribution < -0.4 is 9.46 Å². The zero-order valence-electron chi connectivity index (χ0n) is 11.6. The summed E-state index contributed by atoms with van der Waals surface area (Å²) in [4.78, 5) is 0. The van der Waals surface area contributed by atoms with Crippen LogP contribution in [0.5, 0.6) is 5.75 Å². The lowest BCUT2D eigenvalue weighted by molar-refractivity contribution is 0.254. The van der Waals surface area contributed by atoms with Gasteiger partial charge < -0.3 is 4.74 Å². The van der Waals surface area contributed by atoms with Crippen LogP contribution in [0.15, 0.2) is 18.2 Å². The van der Waals surface area contributed by atoms with Crippen LogP contribution in [0.1, 0.15) is 30.9 Å². The van der Waals surface area contributed by atoms with E-state index in [0.717, 1.165) is 36.1 Å². The summed E-state index contributed by atoms with van der Waals surface area (Å²) in [5, 5.41) is 0. The standard InChI is InChI=1S/C14H20N2O3S/c1-11-8-13-9-12(4-5-14(13)19-11)10-15-20(17,18)16-6-2-3-7-16/h4-5,9,11,15H,2-3,6-8,10H2,1H3. The summed E-state index contributed by atoms with van der Waals surface area (Å²) < 4.78 is 34.0. The average Bonchev–Trinajstić information content (AvgIpc) is 3.04. The third kappa shape index (κ3) is 2.82. The molecule has 3 rings (SSSR count). The van der Waals surface area contributed by atoms with Crippen LogP contribution in [-0.2, 0) is 23.2 Å². The average molecular weight is 296 g/mol. The molecule has 2 aliphatic heterocycles. The van der Waals surface area contributed by atoms with Crippen LogP contribution >= 0.6 is 0 Å². The molecule has 0 aliphatic carbocycles. The smallest absolute Gasteiger partial charge is 0.279 e. The summed E-state index contributed by atoms with van der Waals surface area (Å²) in [6.07, 6.45) is 3.01. The molecule has 0 saturated carbocycles. The number of hydrogen-bond donors (Lipinski definition) is 1. The van der Waals surface area contributed by atoms with Gasteiger partial charge in [-0.2, -0.15) is 17.4 Å². The minimum absolute atomic E-state index is 0.210. The number of nitrogens with one attached hydrogen (secondary N) is 1. The Hall–Kier alpha value is -1.11. The Kier molecular flexibility index (Phi) is 3.70. The van der Waals surface area contributed by atoms with Crippen molar-refractivity contribution in [2.24, 2.45) is 0 Å². The van der Waals surface area contributed by atoms with Gasteiger partial charge in [-0.3, -0.25) is 0 Å². The number of benzene rings is 1. The SMILES string of the molecule is CC1Cc2cc(CNS(=O)(=O)N3CCCC3)ccc2O1. The zero-order chi connectivity index (χ0) is 14.2. The molecule has 0 radical (unpaired) electrons. The second-order valence-corrected chi connectivity index (χ2v) is 7.26. The Bertz CT molecular complexity index is 594. The first-order chi connectivity index (χ1) is 9.54. The largest absolute Gasteiger partial charge is 0.490 e. The van der Waals surface area contributed by atoms with Gasteiger partial charge in [0.15, 0.2) is 0 Å². The first kappa shape index (κ1) is 13.9. The molecule has 0 spiro atoms. The molecule has 6 heteroatoms. The quantitative estimate of drug-likeness (QED) is 0.914. The molecule has 1 atom stereocenters. The molecule has 1 fully saturated rings. The highest BCUT2D eigenvalue weighted by atomic mass is 32.2. The number of nitrogens with zero attached hydrogens (tertiary/aromatic N) is 1. The Morgan fingerprint density at radius 1 is 1.35 bits per heavy atom. The van der Waals surface area contributed by atoms with Gasteiger partial charge in [0.25, 0.3) is 10.2 Å². The maximum atomic E-state index is 12.1.